The molecular formula is C11H13N3S2. The molecule has 1 N–H and O–H groups in total. The van der Waals surface area contributed by atoms with Crippen LogP contribution in [0.4, 0.5) is 0 Å². The van der Waals surface area contributed by atoms with E-state index in [0.717, 1.165) is 29.0 Å². The van der Waals surface area contributed by atoms with Gasteiger partial charge in [0.1, 0.15) is 10.0 Å². The van der Waals surface area contributed by atoms with Crippen LogP contribution in [0.2, 0.25) is 0 Å². The molecule has 0 aromatic carbocycles. The summed E-state index contributed by atoms with van der Waals surface area (Å²) in [7, 11) is 0. The van der Waals surface area contributed by atoms with Crippen LogP contribution in [0, 0.1) is 0 Å². The first-order valence-corrected chi connectivity index (χ1v) is 7.26. The third-order valence-electron chi connectivity index (χ3n) is 2.58. The summed E-state index contributed by atoms with van der Waals surface area (Å²) in [6.07, 6.45) is 3.69. The van der Waals surface area contributed by atoms with Crippen molar-refractivity contribution >= 4 is 22.7 Å². The summed E-state index contributed by atoms with van der Waals surface area (Å²) in [5.74, 6) is 0. The summed E-state index contributed by atoms with van der Waals surface area (Å²) in [4.78, 5) is 0. The van der Waals surface area contributed by atoms with Gasteiger partial charge in [0, 0.05) is 30.0 Å². The van der Waals surface area contributed by atoms with Crippen LogP contribution in [-0.2, 0) is 6.42 Å². The van der Waals surface area contributed by atoms with Gasteiger partial charge in [-0.25, -0.2) is 0 Å². The van der Waals surface area contributed by atoms with Crippen molar-refractivity contribution in [2.24, 2.45) is 0 Å². The monoisotopic (exact) mass is 251 g/mol. The number of nitrogens with zero attached hydrogens (tertiary/aromatic N) is 2. The molecule has 16 heavy (non-hydrogen) atoms. The minimum Gasteiger partial charge on any atom is -0.314 e. The van der Waals surface area contributed by atoms with E-state index in [4.69, 9.17) is 0 Å². The molecule has 3 nitrogen and oxygen atoms in total. The van der Waals surface area contributed by atoms with Crippen LogP contribution >= 0.6 is 22.7 Å². The Morgan fingerprint density at radius 1 is 1.38 bits per heavy atom. The molecule has 1 fully saturated rings. The van der Waals surface area contributed by atoms with Crippen LogP contribution in [-0.4, -0.2) is 22.8 Å². The molecule has 2 aromatic rings. The molecule has 0 amide bonds. The number of rotatable bonds is 5. The number of hydrogen-bond donors (Lipinski definition) is 1. The van der Waals surface area contributed by atoms with E-state index in [9.17, 15) is 0 Å². The Morgan fingerprint density at radius 3 is 3.06 bits per heavy atom. The van der Waals surface area contributed by atoms with Crippen LogP contribution in [0.15, 0.2) is 16.8 Å². The summed E-state index contributed by atoms with van der Waals surface area (Å²) in [6.45, 7) is 1.03. The van der Waals surface area contributed by atoms with Gasteiger partial charge in [-0.2, -0.15) is 11.3 Å². The predicted octanol–water partition coefficient (Wildman–Crippen LogP) is 2.56. The molecule has 0 unspecified atom stereocenters. The van der Waals surface area contributed by atoms with Gasteiger partial charge in [-0.15, -0.1) is 10.2 Å². The number of hydrogen-bond acceptors (Lipinski definition) is 5. The van der Waals surface area contributed by atoms with Crippen LogP contribution in [0.1, 0.15) is 17.8 Å². The van der Waals surface area contributed by atoms with E-state index in [1.54, 1.807) is 22.7 Å². The molecule has 1 saturated carbocycles. The summed E-state index contributed by atoms with van der Waals surface area (Å²) in [5, 5.41) is 18.3. The molecule has 1 aliphatic carbocycles. The van der Waals surface area contributed by atoms with E-state index >= 15 is 0 Å². The quantitative estimate of drug-likeness (QED) is 0.887. The first-order valence-electron chi connectivity index (χ1n) is 5.50. The minimum atomic E-state index is 0.782. The SMILES string of the molecule is c1cc(-c2nnc(CCNC3CC3)s2)cs1. The Kier molecular flexibility index (Phi) is 2.99. The lowest BCUT2D eigenvalue weighted by atomic mass is 10.4. The minimum absolute atomic E-state index is 0.782. The fraction of sp³-hybridized carbons (Fsp3) is 0.455. The first kappa shape index (κ1) is 10.4. The normalized spacial score (nSPS) is 15.5. The second kappa shape index (κ2) is 4.61. The van der Waals surface area contributed by atoms with Crippen molar-refractivity contribution in [3.05, 3.63) is 21.8 Å². The average Bonchev–Trinajstić information content (AvgIpc) is 2.83. The maximum Gasteiger partial charge on any atom is 0.148 e. The zero-order valence-electron chi connectivity index (χ0n) is 8.85. The lowest BCUT2D eigenvalue weighted by Crippen LogP contribution is -2.19. The first-order chi connectivity index (χ1) is 7.92. The molecule has 2 aromatic heterocycles. The van der Waals surface area contributed by atoms with Gasteiger partial charge in [0.15, 0.2) is 0 Å². The second-order valence-electron chi connectivity index (χ2n) is 3.99. The Balaban J connectivity index is 1.59. The highest BCUT2D eigenvalue weighted by atomic mass is 32.1. The van der Waals surface area contributed by atoms with Gasteiger partial charge in [-0.05, 0) is 24.3 Å². The van der Waals surface area contributed by atoms with Crippen molar-refractivity contribution in [2.75, 3.05) is 6.54 Å². The van der Waals surface area contributed by atoms with Crippen molar-refractivity contribution in [3.63, 3.8) is 0 Å². The summed E-state index contributed by atoms with van der Waals surface area (Å²) < 4.78 is 0. The average molecular weight is 251 g/mol. The number of aromatic nitrogens is 2. The molecule has 1 aliphatic rings. The van der Waals surface area contributed by atoms with E-state index < -0.39 is 0 Å². The van der Waals surface area contributed by atoms with Gasteiger partial charge in [0.25, 0.3) is 0 Å². The largest absolute Gasteiger partial charge is 0.314 e. The molecule has 0 aliphatic heterocycles. The van der Waals surface area contributed by atoms with Crippen LogP contribution in [0.25, 0.3) is 10.6 Å². The van der Waals surface area contributed by atoms with Gasteiger partial charge in [-0.1, -0.05) is 11.3 Å². The highest BCUT2D eigenvalue weighted by molar-refractivity contribution is 7.15. The van der Waals surface area contributed by atoms with Crippen molar-refractivity contribution in [1.82, 2.24) is 15.5 Å². The molecule has 0 radical (unpaired) electrons. The molecule has 0 bridgehead atoms. The lowest BCUT2D eigenvalue weighted by molar-refractivity contribution is 0.677. The van der Waals surface area contributed by atoms with Gasteiger partial charge < -0.3 is 5.32 Å². The van der Waals surface area contributed by atoms with E-state index in [1.807, 2.05) is 0 Å². The molecule has 0 saturated heterocycles. The third-order valence-corrected chi connectivity index (χ3v) is 4.30. The van der Waals surface area contributed by atoms with E-state index in [2.05, 4.69) is 32.3 Å². The smallest absolute Gasteiger partial charge is 0.148 e. The van der Waals surface area contributed by atoms with Crippen LogP contribution in [0.5, 0.6) is 0 Å². The van der Waals surface area contributed by atoms with E-state index in [0.29, 0.717) is 0 Å². The molecule has 0 atom stereocenters. The Bertz CT molecular complexity index is 446. The van der Waals surface area contributed by atoms with Crippen molar-refractivity contribution in [2.45, 2.75) is 25.3 Å². The Morgan fingerprint density at radius 2 is 2.31 bits per heavy atom. The molecule has 5 heteroatoms. The Labute approximate surface area is 103 Å². The topological polar surface area (TPSA) is 37.8 Å². The fourth-order valence-electron chi connectivity index (χ4n) is 1.53. The van der Waals surface area contributed by atoms with Crippen LogP contribution < -0.4 is 5.32 Å². The molecule has 0 spiro atoms. The second-order valence-corrected chi connectivity index (χ2v) is 5.83. The fourth-order valence-corrected chi connectivity index (χ4v) is 3.08. The zero-order valence-corrected chi connectivity index (χ0v) is 10.5. The van der Waals surface area contributed by atoms with Crippen molar-refractivity contribution in [1.29, 1.82) is 0 Å². The lowest BCUT2D eigenvalue weighted by Gasteiger charge is -1.97. The van der Waals surface area contributed by atoms with E-state index in [-0.39, 0.29) is 0 Å². The van der Waals surface area contributed by atoms with Crippen LogP contribution in [0.3, 0.4) is 0 Å². The van der Waals surface area contributed by atoms with Crippen molar-refractivity contribution in [3.8, 4) is 10.6 Å². The number of nitrogens with one attached hydrogen (secondary N) is 1. The van der Waals surface area contributed by atoms with Gasteiger partial charge in [-0.3, -0.25) is 0 Å². The van der Waals surface area contributed by atoms with Gasteiger partial charge >= 0.3 is 0 Å². The number of thiophene rings is 1. The van der Waals surface area contributed by atoms with Gasteiger partial charge in [0.05, 0.1) is 0 Å². The standard InChI is InChI=1S/C11H13N3S2/c1-2-9(1)12-5-3-10-13-14-11(16-10)8-4-6-15-7-8/h4,6-7,9,12H,1-3,5H2. The summed E-state index contributed by atoms with van der Waals surface area (Å²) >= 11 is 3.41. The Hall–Kier alpha value is -0.780. The van der Waals surface area contributed by atoms with Crippen molar-refractivity contribution < 1.29 is 0 Å². The van der Waals surface area contributed by atoms with Gasteiger partial charge in [0.2, 0.25) is 0 Å². The summed E-state index contributed by atoms with van der Waals surface area (Å²) in [5.41, 5.74) is 1.20. The zero-order chi connectivity index (χ0) is 10.8. The van der Waals surface area contributed by atoms with E-state index in [1.165, 1.54) is 18.4 Å². The molecule has 84 valence electrons. The summed E-state index contributed by atoms with van der Waals surface area (Å²) in [6, 6.07) is 2.88. The molecular weight excluding hydrogens is 238 g/mol. The predicted molar refractivity (Wildman–Crippen MR) is 68.0 cm³/mol. The highest BCUT2D eigenvalue weighted by Crippen LogP contribution is 2.25. The maximum atomic E-state index is 4.22. The highest BCUT2D eigenvalue weighted by Gasteiger charge is 2.19. The molecule has 3 rings (SSSR count). The third kappa shape index (κ3) is 2.48. The maximum absolute atomic E-state index is 4.22. The molecule has 2 heterocycles.